The molecule has 0 aromatic rings. The zero-order valence-electron chi connectivity index (χ0n) is 9.92. The van der Waals surface area contributed by atoms with Crippen LogP contribution in [0.5, 0.6) is 0 Å². The van der Waals surface area contributed by atoms with E-state index in [0.29, 0.717) is 13.0 Å². The normalized spacial score (nSPS) is 28.2. The SMILES string of the molecule is CCCCS(=O)(=O)N1CC(C)OC(CO)C1. The van der Waals surface area contributed by atoms with Crippen molar-refractivity contribution in [1.82, 2.24) is 4.31 Å². The lowest BCUT2D eigenvalue weighted by Crippen LogP contribution is -2.50. The average Bonchev–Trinajstić information content (AvgIpc) is 2.25. The first kappa shape index (κ1) is 13.9. The smallest absolute Gasteiger partial charge is 0.214 e. The second kappa shape index (κ2) is 5.95. The van der Waals surface area contributed by atoms with Gasteiger partial charge in [-0.05, 0) is 13.3 Å². The third-order valence-electron chi connectivity index (χ3n) is 2.65. The van der Waals surface area contributed by atoms with E-state index in [1.807, 2.05) is 13.8 Å². The monoisotopic (exact) mass is 251 g/mol. The summed E-state index contributed by atoms with van der Waals surface area (Å²) in [4.78, 5) is 0. The van der Waals surface area contributed by atoms with Crippen LogP contribution in [-0.4, -0.2) is 55.5 Å². The van der Waals surface area contributed by atoms with E-state index in [4.69, 9.17) is 9.84 Å². The fourth-order valence-corrected chi connectivity index (χ4v) is 3.53. The van der Waals surface area contributed by atoms with Gasteiger partial charge in [0.05, 0.1) is 24.6 Å². The van der Waals surface area contributed by atoms with Gasteiger partial charge in [-0.15, -0.1) is 0 Å². The van der Waals surface area contributed by atoms with Crippen LogP contribution in [-0.2, 0) is 14.8 Å². The van der Waals surface area contributed by atoms with Crippen molar-refractivity contribution in [2.24, 2.45) is 0 Å². The molecule has 2 atom stereocenters. The molecule has 1 aliphatic rings. The van der Waals surface area contributed by atoms with Crippen LogP contribution in [0.3, 0.4) is 0 Å². The summed E-state index contributed by atoms with van der Waals surface area (Å²) in [5, 5.41) is 9.02. The fraction of sp³-hybridized carbons (Fsp3) is 1.00. The van der Waals surface area contributed by atoms with Gasteiger partial charge < -0.3 is 9.84 Å². The van der Waals surface area contributed by atoms with E-state index in [9.17, 15) is 8.42 Å². The van der Waals surface area contributed by atoms with Gasteiger partial charge in [0, 0.05) is 13.1 Å². The minimum absolute atomic E-state index is 0.135. The second-order valence-corrected chi connectivity index (χ2v) is 6.33. The zero-order valence-corrected chi connectivity index (χ0v) is 10.7. The summed E-state index contributed by atoms with van der Waals surface area (Å²) < 4.78 is 30.7. The van der Waals surface area contributed by atoms with Crippen LogP contribution < -0.4 is 0 Å². The number of nitrogens with zero attached hydrogens (tertiary/aromatic N) is 1. The Balaban J connectivity index is 2.64. The van der Waals surface area contributed by atoms with Crippen LogP contribution in [0.25, 0.3) is 0 Å². The Bertz CT molecular complexity index is 304. The number of aliphatic hydroxyl groups is 1. The van der Waals surface area contributed by atoms with Gasteiger partial charge in [-0.1, -0.05) is 13.3 Å². The van der Waals surface area contributed by atoms with E-state index < -0.39 is 10.0 Å². The largest absolute Gasteiger partial charge is 0.394 e. The number of sulfonamides is 1. The Kier molecular flexibility index (Phi) is 5.17. The van der Waals surface area contributed by atoms with Crippen molar-refractivity contribution in [3.05, 3.63) is 0 Å². The van der Waals surface area contributed by atoms with Gasteiger partial charge in [0.25, 0.3) is 0 Å². The number of aliphatic hydroxyl groups excluding tert-OH is 1. The maximum absolute atomic E-state index is 11.9. The second-order valence-electron chi connectivity index (χ2n) is 4.24. The molecule has 0 spiro atoms. The average molecular weight is 251 g/mol. The van der Waals surface area contributed by atoms with E-state index >= 15 is 0 Å². The van der Waals surface area contributed by atoms with E-state index in [0.717, 1.165) is 6.42 Å². The van der Waals surface area contributed by atoms with Gasteiger partial charge in [0.1, 0.15) is 0 Å². The standard InChI is InChI=1S/C10H21NO4S/c1-3-4-5-16(13,14)11-6-9(2)15-10(7-11)8-12/h9-10,12H,3-8H2,1-2H3. The molecule has 1 heterocycles. The molecule has 0 radical (unpaired) electrons. The van der Waals surface area contributed by atoms with Crippen molar-refractivity contribution in [3.8, 4) is 0 Å². The summed E-state index contributed by atoms with van der Waals surface area (Å²) in [5.74, 6) is 0.189. The molecule has 1 rings (SSSR count). The molecule has 6 heteroatoms. The molecule has 0 aliphatic carbocycles. The van der Waals surface area contributed by atoms with Gasteiger partial charge in [-0.25, -0.2) is 8.42 Å². The van der Waals surface area contributed by atoms with Gasteiger partial charge in [0.15, 0.2) is 0 Å². The van der Waals surface area contributed by atoms with Gasteiger partial charge in [-0.2, -0.15) is 4.31 Å². The first-order valence-corrected chi connectivity index (χ1v) is 7.34. The summed E-state index contributed by atoms with van der Waals surface area (Å²) in [6, 6.07) is 0. The van der Waals surface area contributed by atoms with E-state index in [1.165, 1.54) is 4.31 Å². The van der Waals surface area contributed by atoms with Gasteiger partial charge >= 0.3 is 0 Å². The minimum atomic E-state index is -3.18. The Morgan fingerprint density at radius 1 is 1.44 bits per heavy atom. The van der Waals surface area contributed by atoms with Crippen LogP contribution in [0.2, 0.25) is 0 Å². The Hall–Kier alpha value is -0.170. The van der Waals surface area contributed by atoms with Crippen molar-refractivity contribution in [2.45, 2.75) is 38.9 Å². The topological polar surface area (TPSA) is 66.8 Å². The third-order valence-corrected chi connectivity index (χ3v) is 4.54. The molecule has 0 amide bonds. The number of ether oxygens (including phenoxy) is 1. The van der Waals surface area contributed by atoms with Crippen molar-refractivity contribution in [2.75, 3.05) is 25.4 Å². The molecule has 0 aromatic heterocycles. The van der Waals surface area contributed by atoms with Crippen LogP contribution in [0.4, 0.5) is 0 Å². The van der Waals surface area contributed by atoms with Crippen LogP contribution in [0.15, 0.2) is 0 Å². The maximum atomic E-state index is 11.9. The predicted octanol–water partition coefficient (Wildman–Crippen LogP) is 0.198. The lowest BCUT2D eigenvalue weighted by Gasteiger charge is -2.35. The van der Waals surface area contributed by atoms with Gasteiger partial charge in [-0.3, -0.25) is 0 Å². The first-order chi connectivity index (χ1) is 7.49. The summed E-state index contributed by atoms with van der Waals surface area (Å²) in [6.07, 6.45) is 1.00. The third kappa shape index (κ3) is 3.69. The van der Waals surface area contributed by atoms with Crippen molar-refractivity contribution in [1.29, 1.82) is 0 Å². The predicted molar refractivity (Wildman–Crippen MR) is 61.7 cm³/mol. The van der Waals surface area contributed by atoms with Gasteiger partial charge in [0.2, 0.25) is 10.0 Å². The highest BCUT2D eigenvalue weighted by Gasteiger charge is 2.31. The highest BCUT2D eigenvalue weighted by molar-refractivity contribution is 7.89. The van der Waals surface area contributed by atoms with Crippen LogP contribution >= 0.6 is 0 Å². The number of morpholine rings is 1. The van der Waals surface area contributed by atoms with E-state index in [-0.39, 0.29) is 31.1 Å². The molecule has 1 N–H and O–H groups in total. The van der Waals surface area contributed by atoms with E-state index in [1.54, 1.807) is 0 Å². The molecule has 1 fully saturated rings. The highest BCUT2D eigenvalue weighted by Crippen LogP contribution is 2.15. The van der Waals surface area contributed by atoms with Crippen molar-refractivity contribution >= 4 is 10.0 Å². The Labute approximate surface area is 97.4 Å². The Morgan fingerprint density at radius 3 is 2.69 bits per heavy atom. The van der Waals surface area contributed by atoms with Crippen molar-refractivity contribution < 1.29 is 18.3 Å². The summed E-state index contributed by atoms with van der Waals surface area (Å²) >= 11 is 0. The molecule has 1 aliphatic heterocycles. The lowest BCUT2D eigenvalue weighted by atomic mass is 10.2. The summed E-state index contributed by atoms with van der Waals surface area (Å²) in [5.41, 5.74) is 0. The minimum Gasteiger partial charge on any atom is -0.394 e. The fourth-order valence-electron chi connectivity index (χ4n) is 1.79. The lowest BCUT2D eigenvalue weighted by molar-refractivity contribution is -0.0750. The van der Waals surface area contributed by atoms with Crippen LogP contribution in [0.1, 0.15) is 26.7 Å². The molecule has 0 bridgehead atoms. The quantitative estimate of drug-likeness (QED) is 0.758. The number of unbranched alkanes of at least 4 members (excludes halogenated alkanes) is 1. The summed E-state index contributed by atoms with van der Waals surface area (Å²) in [6.45, 7) is 4.32. The Morgan fingerprint density at radius 2 is 2.12 bits per heavy atom. The molecular formula is C10H21NO4S. The summed E-state index contributed by atoms with van der Waals surface area (Å²) in [7, 11) is -3.18. The molecule has 2 unspecified atom stereocenters. The molecule has 1 saturated heterocycles. The molecule has 96 valence electrons. The maximum Gasteiger partial charge on any atom is 0.214 e. The molecule has 0 aromatic carbocycles. The number of hydrogen-bond acceptors (Lipinski definition) is 4. The van der Waals surface area contributed by atoms with Crippen LogP contribution in [0, 0.1) is 0 Å². The molecule has 5 nitrogen and oxygen atoms in total. The van der Waals surface area contributed by atoms with Crippen molar-refractivity contribution in [3.63, 3.8) is 0 Å². The number of hydrogen-bond donors (Lipinski definition) is 1. The first-order valence-electron chi connectivity index (χ1n) is 5.73. The molecule has 0 saturated carbocycles. The number of rotatable bonds is 5. The molecule has 16 heavy (non-hydrogen) atoms. The highest BCUT2D eigenvalue weighted by atomic mass is 32.2. The molecular weight excluding hydrogens is 230 g/mol. The van der Waals surface area contributed by atoms with E-state index in [2.05, 4.69) is 0 Å². The zero-order chi connectivity index (χ0) is 12.2.